The van der Waals surface area contributed by atoms with Crippen LogP contribution in [0.4, 0.5) is 0 Å². The molecular weight excluding hydrogens is 420 g/mol. The molecule has 2 fully saturated rings. The van der Waals surface area contributed by atoms with Crippen LogP contribution in [0.3, 0.4) is 0 Å². The minimum absolute atomic E-state index is 0.0127. The van der Waals surface area contributed by atoms with E-state index in [2.05, 4.69) is 5.10 Å². The van der Waals surface area contributed by atoms with E-state index in [0.717, 1.165) is 25.0 Å². The van der Waals surface area contributed by atoms with Crippen LogP contribution in [0.25, 0.3) is 0 Å². The number of likely N-dealkylation sites (tertiary alicyclic amines) is 1. The van der Waals surface area contributed by atoms with Crippen molar-refractivity contribution in [3.63, 3.8) is 0 Å². The average Bonchev–Trinajstić information content (AvgIpc) is 3.41. The number of amides is 1. The highest BCUT2D eigenvalue weighted by Gasteiger charge is 2.45. The number of piperidine rings is 1. The van der Waals surface area contributed by atoms with Gasteiger partial charge in [0.2, 0.25) is 0 Å². The normalized spacial score (nSPS) is 20.2. The topological polar surface area (TPSA) is 75.5 Å². The molecular formula is C21H30N4O3S2. The number of hydrogen-bond donors (Lipinski definition) is 0. The third-order valence-electron chi connectivity index (χ3n) is 6.28. The zero-order valence-electron chi connectivity index (χ0n) is 18.1. The van der Waals surface area contributed by atoms with Gasteiger partial charge in [-0.2, -0.15) is 9.40 Å². The smallest absolute Gasteiger partial charge is 0.272 e. The lowest BCUT2D eigenvalue weighted by atomic mass is 9.78. The summed E-state index contributed by atoms with van der Waals surface area (Å²) in [4.78, 5) is 15.2. The summed E-state index contributed by atoms with van der Waals surface area (Å²) in [6, 6.07) is 5.31. The van der Waals surface area contributed by atoms with Crippen molar-refractivity contribution < 1.29 is 13.2 Å². The van der Waals surface area contributed by atoms with Crippen LogP contribution < -0.4 is 0 Å². The molecule has 9 heteroatoms. The number of nitrogens with zero attached hydrogens (tertiary/aromatic N) is 4. The Labute approximate surface area is 182 Å². The number of sulfonamides is 1. The fourth-order valence-corrected chi connectivity index (χ4v) is 7.17. The molecule has 0 atom stereocenters. The van der Waals surface area contributed by atoms with Crippen molar-refractivity contribution in [3.8, 4) is 0 Å². The highest BCUT2D eigenvalue weighted by atomic mass is 32.2. The van der Waals surface area contributed by atoms with Gasteiger partial charge in [-0.3, -0.25) is 9.48 Å². The summed E-state index contributed by atoms with van der Waals surface area (Å²) < 4.78 is 29.4. The summed E-state index contributed by atoms with van der Waals surface area (Å²) in [5.41, 5.74) is 1.22. The highest BCUT2D eigenvalue weighted by Crippen LogP contribution is 2.42. The molecule has 0 bridgehead atoms. The largest absolute Gasteiger partial charge is 0.337 e. The van der Waals surface area contributed by atoms with Crippen LogP contribution in [0.1, 0.15) is 56.2 Å². The maximum absolute atomic E-state index is 13.3. The molecule has 164 valence electrons. The molecule has 30 heavy (non-hydrogen) atoms. The first-order valence-electron chi connectivity index (χ1n) is 10.4. The van der Waals surface area contributed by atoms with Crippen LogP contribution in [0.15, 0.2) is 27.8 Å². The number of carbonyl (C=O) groups excluding carboxylic acids is 1. The fourth-order valence-electron chi connectivity index (χ4n) is 4.58. The average molecular weight is 451 g/mol. The molecule has 2 aliphatic heterocycles. The Balaban J connectivity index is 1.45. The molecule has 2 saturated heterocycles. The molecule has 0 aliphatic carbocycles. The Morgan fingerprint density at radius 1 is 1.17 bits per heavy atom. The predicted molar refractivity (Wildman–Crippen MR) is 117 cm³/mol. The van der Waals surface area contributed by atoms with Gasteiger partial charge in [-0.25, -0.2) is 8.42 Å². The first-order valence-corrected chi connectivity index (χ1v) is 12.7. The van der Waals surface area contributed by atoms with Gasteiger partial charge in [0.15, 0.2) is 0 Å². The Bertz CT molecular complexity index is 1030. The molecule has 0 N–H and O–H groups in total. The van der Waals surface area contributed by atoms with Crippen LogP contribution in [-0.2, 0) is 15.6 Å². The van der Waals surface area contributed by atoms with Gasteiger partial charge in [0.1, 0.15) is 9.90 Å². The standard InChI is InChI=1S/C21H30N4O3S2/c1-16-14-17(25(22-16)20(2,3)4)19(26)23-10-7-21(15-23)8-11-24(12-9-21)30(27,28)18-6-5-13-29-18/h5-6,13-14H,7-12,15H2,1-4H3. The second-order valence-electron chi connectivity index (χ2n) is 9.57. The number of carbonyl (C=O) groups is 1. The van der Waals surface area contributed by atoms with Gasteiger partial charge in [0.25, 0.3) is 15.9 Å². The van der Waals surface area contributed by atoms with E-state index in [4.69, 9.17) is 0 Å². The zero-order chi connectivity index (χ0) is 21.7. The Morgan fingerprint density at radius 3 is 2.43 bits per heavy atom. The van der Waals surface area contributed by atoms with Crippen molar-refractivity contribution in [1.82, 2.24) is 19.0 Å². The molecule has 2 aromatic heterocycles. The van der Waals surface area contributed by atoms with Gasteiger partial charge in [-0.05, 0) is 69.9 Å². The summed E-state index contributed by atoms with van der Waals surface area (Å²) in [7, 11) is -3.40. The molecule has 0 saturated carbocycles. The van der Waals surface area contributed by atoms with Crippen molar-refractivity contribution in [1.29, 1.82) is 0 Å². The Kier molecular flexibility index (Phi) is 5.35. The van der Waals surface area contributed by atoms with E-state index in [1.165, 1.54) is 11.3 Å². The van der Waals surface area contributed by atoms with Crippen LogP contribution in [0, 0.1) is 12.3 Å². The molecule has 4 heterocycles. The van der Waals surface area contributed by atoms with Crippen LogP contribution in [0.2, 0.25) is 0 Å². The van der Waals surface area contributed by atoms with Gasteiger partial charge >= 0.3 is 0 Å². The molecule has 2 aromatic rings. The van der Waals surface area contributed by atoms with Crippen LogP contribution in [0.5, 0.6) is 0 Å². The highest BCUT2D eigenvalue weighted by molar-refractivity contribution is 7.91. The van der Waals surface area contributed by atoms with Crippen LogP contribution in [-0.4, -0.2) is 59.5 Å². The lowest BCUT2D eigenvalue weighted by molar-refractivity contribution is 0.0730. The summed E-state index contributed by atoms with van der Waals surface area (Å²) in [5.74, 6) is 0.0241. The van der Waals surface area contributed by atoms with Crippen molar-refractivity contribution in [2.75, 3.05) is 26.2 Å². The molecule has 1 spiro atoms. The second-order valence-corrected chi connectivity index (χ2v) is 12.7. The van der Waals surface area contributed by atoms with E-state index in [9.17, 15) is 13.2 Å². The Hall–Kier alpha value is -1.71. The lowest BCUT2D eigenvalue weighted by Gasteiger charge is -2.38. The first-order chi connectivity index (χ1) is 14.0. The SMILES string of the molecule is Cc1cc(C(=O)N2CCC3(CCN(S(=O)(=O)c4cccs4)CC3)C2)n(C(C)(C)C)n1. The molecule has 0 radical (unpaired) electrons. The predicted octanol–water partition coefficient (Wildman–Crippen LogP) is 3.33. The Morgan fingerprint density at radius 2 is 1.83 bits per heavy atom. The third kappa shape index (κ3) is 3.83. The number of aromatic nitrogens is 2. The van der Waals surface area contributed by atoms with E-state index < -0.39 is 10.0 Å². The molecule has 0 unspecified atom stereocenters. The van der Waals surface area contributed by atoms with E-state index in [1.807, 2.05) is 43.3 Å². The molecule has 4 rings (SSSR count). The quantitative estimate of drug-likeness (QED) is 0.719. The third-order valence-corrected chi connectivity index (χ3v) is 9.56. The van der Waals surface area contributed by atoms with E-state index >= 15 is 0 Å². The molecule has 1 amide bonds. The van der Waals surface area contributed by atoms with Gasteiger partial charge in [-0.15, -0.1) is 11.3 Å². The lowest BCUT2D eigenvalue weighted by Crippen LogP contribution is -2.44. The second kappa shape index (κ2) is 7.46. The monoisotopic (exact) mass is 450 g/mol. The van der Waals surface area contributed by atoms with E-state index in [1.54, 1.807) is 21.8 Å². The van der Waals surface area contributed by atoms with E-state index in [-0.39, 0.29) is 16.9 Å². The van der Waals surface area contributed by atoms with Crippen LogP contribution >= 0.6 is 11.3 Å². The number of thiophene rings is 1. The summed E-state index contributed by atoms with van der Waals surface area (Å²) in [6.07, 6.45) is 2.51. The number of hydrogen-bond acceptors (Lipinski definition) is 5. The van der Waals surface area contributed by atoms with Crippen molar-refractivity contribution in [2.45, 2.75) is 56.7 Å². The molecule has 7 nitrogen and oxygen atoms in total. The first kappa shape index (κ1) is 21.5. The molecule has 2 aliphatic rings. The number of aryl methyl sites for hydroxylation is 1. The molecule has 0 aromatic carbocycles. The van der Waals surface area contributed by atoms with Crippen molar-refractivity contribution in [2.24, 2.45) is 5.41 Å². The van der Waals surface area contributed by atoms with Gasteiger partial charge in [0, 0.05) is 26.2 Å². The van der Waals surface area contributed by atoms with Gasteiger partial charge in [-0.1, -0.05) is 6.07 Å². The maximum Gasteiger partial charge on any atom is 0.272 e. The van der Waals surface area contributed by atoms with Gasteiger partial charge < -0.3 is 4.90 Å². The summed E-state index contributed by atoms with van der Waals surface area (Å²) in [5, 5.41) is 6.33. The zero-order valence-corrected chi connectivity index (χ0v) is 19.7. The van der Waals surface area contributed by atoms with Crippen molar-refractivity contribution >= 4 is 27.3 Å². The summed E-state index contributed by atoms with van der Waals surface area (Å²) >= 11 is 1.26. The fraction of sp³-hybridized carbons (Fsp3) is 0.619. The minimum Gasteiger partial charge on any atom is -0.337 e. The van der Waals surface area contributed by atoms with Gasteiger partial charge in [0.05, 0.1) is 11.2 Å². The number of rotatable bonds is 3. The summed E-state index contributed by atoms with van der Waals surface area (Å²) in [6.45, 7) is 10.5. The van der Waals surface area contributed by atoms with E-state index in [0.29, 0.717) is 36.1 Å². The minimum atomic E-state index is -3.40. The van der Waals surface area contributed by atoms with Crippen molar-refractivity contribution in [3.05, 3.63) is 35.0 Å². The maximum atomic E-state index is 13.3.